The van der Waals surface area contributed by atoms with Gasteiger partial charge in [0.25, 0.3) is 11.6 Å². The number of halogens is 3. The van der Waals surface area contributed by atoms with Gasteiger partial charge in [-0.1, -0.05) is 0 Å². The highest BCUT2D eigenvalue weighted by atomic mass is 127. The molecular formula is C13H7F2IN2O3. The van der Waals surface area contributed by atoms with Gasteiger partial charge in [0, 0.05) is 15.7 Å². The third-order valence-electron chi connectivity index (χ3n) is 2.58. The summed E-state index contributed by atoms with van der Waals surface area (Å²) in [6.07, 6.45) is 0. The Kier molecular flexibility index (Phi) is 4.46. The zero-order valence-corrected chi connectivity index (χ0v) is 12.4. The fourth-order valence-corrected chi connectivity index (χ4v) is 2.35. The van der Waals surface area contributed by atoms with Crippen LogP contribution in [0, 0.1) is 25.3 Å². The molecule has 1 amide bonds. The molecule has 0 saturated heterocycles. The molecule has 0 saturated carbocycles. The van der Waals surface area contributed by atoms with Crippen LogP contribution in [0.5, 0.6) is 0 Å². The number of nitrogens with one attached hydrogen (secondary N) is 1. The lowest BCUT2D eigenvalue weighted by Crippen LogP contribution is -2.14. The van der Waals surface area contributed by atoms with E-state index in [0.717, 1.165) is 30.3 Å². The zero-order valence-electron chi connectivity index (χ0n) is 10.3. The highest BCUT2D eigenvalue weighted by Gasteiger charge is 2.18. The Hall–Kier alpha value is -2.10. The van der Waals surface area contributed by atoms with Crippen molar-refractivity contribution in [1.29, 1.82) is 0 Å². The Morgan fingerprint density at radius 1 is 1.14 bits per heavy atom. The van der Waals surface area contributed by atoms with Crippen LogP contribution in [0.3, 0.4) is 0 Å². The molecule has 0 atom stereocenters. The molecule has 0 heterocycles. The van der Waals surface area contributed by atoms with Crippen molar-refractivity contribution in [1.82, 2.24) is 0 Å². The van der Waals surface area contributed by atoms with Crippen molar-refractivity contribution in [2.75, 3.05) is 5.32 Å². The van der Waals surface area contributed by atoms with Gasteiger partial charge in [-0.3, -0.25) is 14.9 Å². The van der Waals surface area contributed by atoms with Gasteiger partial charge in [-0.05, 0) is 46.9 Å². The number of carbonyl (C=O) groups excluding carboxylic acids is 1. The highest BCUT2D eigenvalue weighted by Crippen LogP contribution is 2.26. The summed E-state index contributed by atoms with van der Waals surface area (Å²) in [6, 6.07) is 6.23. The van der Waals surface area contributed by atoms with Crippen molar-refractivity contribution in [3.05, 3.63) is 67.3 Å². The fraction of sp³-hybridized carbons (Fsp3) is 0. The average Bonchev–Trinajstić information content (AvgIpc) is 2.37. The number of benzene rings is 2. The smallest absolute Gasteiger partial charge is 0.292 e. The Morgan fingerprint density at radius 3 is 2.38 bits per heavy atom. The third kappa shape index (κ3) is 3.51. The lowest BCUT2D eigenvalue weighted by Gasteiger charge is -2.07. The van der Waals surface area contributed by atoms with E-state index < -0.39 is 28.2 Å². The molecular weight excluding hydrogens is 397 g/mol. The van der Waals surface area contributed by atoms with Gasteiger partial charge in [-0.25, -0.2) is 8.78 Å². The van der Waals surface area contributed by atoms with Crippen molar-refractivity contribution in [2.45, 2.75) is 0 Å². The Bertz CT molecular complexity index is 737. The van der Waals surface area contributed by atoms with Crippen molar-refractivity contribution < 1.29 is 18.5 Å². The summed E-state index contributed by atoms with van der Waals surface area (Å²) >= 11 is 1.76. The van der Waals surface area contributed by atoms with E-state index in [9.17, 15) is 23.7 Å². The number of carbonyl (C=O) groups is 1. The van der Waals surface area contributed by atoms with Crippen LogP contribution in [-0.2, 0) is 0 Å². The van der Waals surface area contributed by atoms with Gasteiger partial charge in [0.15, 0.2) is 0 Å². The summed E-state index contributed by atoms with van der Waals surface area (Å²) in [7, 11) is 0. The Balaban J connectivity index is 2.35. The molecule has 0 radical (unpaired) electrons. The topological polar surface area (TPSA) is 72.2 Å². The van der Waals surface area contributed by atoms with Gasteiger partial charge in [0.1, 0.15) is 17.3 Å². The molecule has 0 aromatic heterocycles. The monoisotopic (exact) mass is 404 g/mol. The van der Waals surface area contributed by atoms with Crippen LogP contribution in [0.25, 0.3) is 0 Å². The molecule has 0 aliphatic heterocycles. The summed E-state index contributed by atoms with van der Waals surface area (Å²) < 4.78 is 26.5. The van der Waals surface area contributed by atoms with Crippen LogP contribution in [0.4, 0.5) is 20.2 Å². The lowest BCUT2D eigenvalue weighted by atomic mass is 10.2. The molecule has 2 aromatic carbocycles. The fourth-order valence-electron chi connectivity index (χ4n) is 1.63. The molecule has 21 heavy (non-hydrogen) atoms. The van der Waals surface area contributed by atoms with Crippen molar-refractivity contribution in [3.63, 3.8) is 0 Å². The molecule has 0 bridgehead atoms. The summed E-state index contributed by atoms with van der Waals surface area (Å²) in [5.41, 5.74) is -0.553. The SMILES string of the molecule is O=C(Nc1cc(F)ccc1[N+](=O)[O-])c1ccc(F)cc1I. The Labute approximate surface area is 131 Å². The van der Waals surface area contributed by atoms with E-state index in [1.165, 1.54) is 6.07 Å². The largest absolute Gasteiger partial charge is 0.316 e. The first kappa shape index (κ1) is 15.3. The van der Waals surface area contributed by atoms with Gasteiger partial charge >= 0.3 is 0 Å². The number of amides is 1. The predicted molar refractivity (Wildman–Crippen MR) is 80.1 cm³/mol. The molecule has 0 fully saturated rings. The van der Waals surface area contributed by atoms with Crippen molar-refractivity contribution in [2.24, 2.45) is 0 Å². The molecule has 108 valence electrons. The molecule has 0 aliphatic carbocycles. The van der Waals surface area contributed by atoms with Gasteiger partial charge in [0.2, 0.25) is 0 Å². The van der Waals surface area contributed by atoms with Crippen LogP contribution >= 0.6 is 22.6 Å². The predicted octanol–water partition coefficient (Wildman–Crippen LogP) is 3.73. The molecule has 2 aromatic rings. The van der Waals surface area contributed by atoms with Crippen LogP contribution in [0.1, 0.15) is 10.4 Å². The molecule has 0 unspecified atom stereocenters. The first-order chi connectivity index (χ1) is 9.88. The molecule has 2 rings (SSSR count). The van der Waals surface area contributed by atoms with E-state index in [-0.39, 0.29) is 11.3 Å². The summed E-state index contributed by atoms with van der Waals surface area (Å²) in [4.78, 5) is 22.2. The number of anilines is 1. The first-order valence-corrected chi connectivity index (χ1v) is 6.66. The summed E-state index contributed by atoms with van der Waals surface area (Å²) in [6.45, 7) is 0. The van der Waals surface area contributed by atoms with Gasteiger partial charge in [-0.2, -0.15) is 0 Å². The minimum atomic E-state index is -0.731. The van der Waals surface area contributed by atoms with E-state index in [0.29, 0.717) is 3.57 Å². The van der Waals surface area contributed by atoms with E-state index in [4.69, 9.17) is 0 Å². The normalized spacial score (nSPS) is 10.2. The standard InChI is InChI=1S/C13H7F2IN2O3/c14-7-1-3-9(10(16)5-7)13(19)17-11-6-8(15)2-4-12(11)18(20)21/h1-6H,(H,17,19). The number of hydrogen-bond donors (Lipinski definition) is 1. The van der Waals surface area contributed by atoms with E-state index in [2.05, 4.69) is 5.32 Å². The number of nitro groups is 1. The maximum absolute atomic E-state index is 13.2. The zero-order chi connectivity index (χ0) is 15.6. The van der Waals surface area contributed by atoms with E-state index >= 15 is 0 Å². The van der Waals surface area contributed by atoms with E-state index in [1.807, 2.05) is 0 Å². The van der Waals surface area contributed by atoms with Crippen LogP contribution in [0.2, 0.25) is 0 Å². The quantitative estimate of drug-likeness (QED) is 0.482. The number of hydrogen-bond acceptors (Lipinski definition) is 3. The summed E-state index contributed by atoms with van der Waals surface area (Å²) in [5.74, 6) is -1.91. The molecule has 5 nitrogen and oxygen atoms in total. The maximum Gasteiger partial charge on any atom is 0.292 e. The minimum absolute atomic E-state index is 0.135. The van der Waals surface area contributed by atoms with E-state index in [1.54, 1.807) is 22.6 Å². The molecule has 0 spiro atoms. The third-order valence-corrected chi connectivity index (χ3v) is 3.47. The second kappa shape index (κ2) is 6.12. The van der Waals surface area contributed by atoms with Crippen LogP contribution < -0.4 is 5.32 Å². The second-order valence-electron chi connectivity index (χ2n) is 4.00. The summed E-state index contributed by atoms with van der Waals surface area (Å²) in [5, 5.41) is 13.1. The number of nitro benzene ring substituents is 1. The highest BCUT2D eigenvalue weighted by molar-refractivity contribution is 14.1. The molecule has 1 N–H and O–H groups in total. The minimum Gasteiger partial charge on any atom is -0.316 e. The number of rotatable bonds is 3. The molecule has 8 heteroatoms. The number of nitrogens with zero attached hydrogens (tertiary/aromatic N) is 1. The average molecular weight is 404 g/mol. The maximum atomic E-state index is 13.2. The second-order valence-corrected chi connectivity index (χ2v) is 5.16. The van der Waals surface area contributed by atoms with Crippen LogP contribution in [0.15, 0.2) is 36.4 Å². The van der Waals surface area contributed by atoms with Crippen molar-refractivity contribution >= 4 is 39.9 Å². The lowest BCUT2D eigenvalue weighted by molar-refractivity contribution is -0.384. The van der Waals surface area contributed by atoms with Gasteiger partial charge < -0.3 is 5.32 Å². The van der Waals surface area contributed by atoms with Gasteiger partial charge in [0.05, 0.1) is 10.5 Å². The molecule has 0 aliphatic rings. The Morgan fingerprint density at radius 2 is 1.76 bits per heavy atom. The van der Waals surface area contributed by atoms with Gasteiger partial charge in [-0.15, -0.1) is 0 Å². The first-order valence-electron chi connectivity index (χ1n) is 5.59. The van der Waals surface area contributed by atoms with Crippen LogP contribution in [-0.4, -0.2) is 10.8 Å². The van der Waals surface area contributed by atoms with Crippen molar-refractivity contribution in [3.8, 4) is 0 Å².